The van der Waals surface area contributed by atoms with Crippen LogP contribution >= 0.6 is 0 Å². The second kappa shape index (κ2) is 7.58. The van der Waals surface area contributed by atoms with Crippen molar-refractivity contribution >= 4 is 17.3 Å². The van der Waals surface area contributed by atoms with Crippen molar-refractivity contribution in [1.29, 1.82) is 0 Å². The van der Waals surface area contributed by atoms with Crippen molar-refractivity contribution < 1.29 is 14.5 Å². The summed E-state index contributed by atoms with van der Waals surface area (Å²) in [5, 5.41) is 13.7. The van der Waals surface area contributed by atoms with Crippen LogP contribution in [0.3, 0.4) is 0 Å². The van der Waals surface area contributed by atoms with Crippen molar-refractivity contribution in [2.75, 3.05) is 18.9 Å². The van der Waals surface area contributed by atoms with E-state index in [1.807, 2.05) is 20.8 Å². The first-order valence-corrected chi connectivity index (χ1v) is 6.79. The number of hydrogen-bond acceptors (Lipinski definition) is 5. The van der Waals surface area contributed by atoms with Gasteiger partial charge >= 0.3 is 0 Å². The first kappa shape index (κ1) is 16.9. The Bertz CT molecular complexity index is 517. The average molecular weight is 295 g/mol. The van der Waals surface area contributed by atoms with Crippen molar-refractivity contribution in [2.45, 2.75) is 26.8 Å². The molecule has 7 heteroatoms. The summed E-state index contributed by atoms with van der Waals surface area (Å²) < 4.78 is 5.33. The largest absolute Gasteiger partial charge is 0.393 e. The smallest absolute Gasteiger partial charge is 0.292 e. The monoisotopic (exact) mass is 295 g/mol. The Hall–Kier alpha value is -2.15. The molecule has 1 aromatic rings. The van der Waals surface area contributed by atoms with E-state index >= 15 is 0 Å². The van der Waals surface area contributed by atoms with Gasteiger partial charge in [-0.25, -0.2) is 0 Å². The van der Waals surface area contributed by atoms with Crippen LogP contribution in [0.15, 0.2) is 18.2 Å². The number of nitrogens with two attached hydrogens (primary N) is 1. The molecule has 3 N–H and O–H groups in total. The van der Waals surface area contributed by atoms with Crippen LogP contribution in [0.4, 0.5) is 11.4 Å². The van der Waals surface area contributed by atoms with E-state index < -0.39 is 10.8 Å². The Kier molecular flexibility index (Phi) is 6.10. The second-order valence-electron chi connectivity index (χ2n) is 4.98. The summed E-state index contributed by atoms with van der Waals surface area (Å²) in [4.78, 5) is 22.5. The maximum Gasteiger partial charge on any atom is 0.292 e. The molecular weight excluding hydrogens is 274 g/mol. The molecule has 0 bridgehead atoms. The molecule has 7 nitrogen and oxygen atoms in total. The molecule has 0 aliphatic heterocycles. The molecule has 1 amide bonds. The molecular formula is C14H21N3O4. The number of hydrogen-bond donors (Lipinski definition) is 2. The summed E-state index contributed by atoms with van der Waals surface area (Å²) in [6.45, 7) is 6.73. The second-order valence-corrected chi connectivity index (χ2v) is 4.98. The highest BCUT2D eigenvalue weighted by Gasteiger charge is 2.22. The number of nitrogens with zero attached hydrogens (tertiary/aromatic N) is 1. The summed E-state index contributed by atoms with van der Waals surface area (Å²) >= 11 is 0. The highest BCUT2D eigenvalue weighted by atomic mass is 16.6. The highest BCUT2D eigenvalue weighted by Crippen LogP contribution is 2.24. The molecule has 0 heterocycles. The van der Waals surface area contributed by atoms with E-state index in [2.05, 4.69) is 5.32 Å². The van der Waals surface area contributed by atoms with E-state index in [0.717, 1.165) is 0 Å². The van der Waals surface area contributed by atoms with Crippen molar-refractivity contribution in [3.05, 3.63) is 33.9 Å². The molecule has 1 atom stereocenters. The Morgan fingerprint density at radius 3 is 2.67 bits per heavy atom. The molecule has 0 fully saturated rings. The predicted molar refractivity (Wildman–Crippen MR) is 80.1 cm³/mol. The van der Waals surface area contributed by atoms with Crippen LogP contribution in [0.5, 0.6) is 0 Å². The van der Waals surface area contributed by atoms with Crippen LogP contribution in [0.2, 0.25) is 0 Å². The van der Waals surface area contributed by atoms with E-state index in [1.165, 1.54) is 18.2 Å². The minimum Gasteiger partial charge on any atom is -0.393 e. The fourth-order valence-electron chi connectivity index (χ4n) is 1.80. The van der Waals surface area contributed by atoms with Crippen molar-refractivity contribution in [2.24, 2.45) is 5.92 Å². The Balaban J connectivity index is 2.92. The van der Waals surface area contributed by atoms with Gasteiger partial charge in [0, 0.05) is 12.7 Å². The van der Waals surface area contributed by atoms with Crippen molar-refractivity contribution in [3.63, 3.8) is 0 Å². The Labute approximate surface area is 123 Å². The third kappa shape index (κ3) is 4.42. The zero-order valence-corrected chi connectivity index (χ0v) is 12.5. The summed E-state index contributed by atoms with van der Waals surface area (Å²) in [5.41, 5.74) is 5.41. The Morgan fingerprint density at radius 2 is 2.14 bits per heavy atom. The molecule has 0 aromatic heterocycles. The van der Waals surface area contributed by atoms with Gasteiger partial charge in [0.1, 0.15) is 5.69 Å². The zero-order valence-electron chi connectivity index (χ0n) is 12.5. The van der Waals surface area contributed by atoms with Gasteiger partial charge < -0.3 is 15.8 Å². The number of benzene rings is 1. The number of amides is 1. The highest BCUT2D eigenvalue weighted by molar-refractivity contribution is 6.01. The fraction of sp³-hybridized carbons (Fsp3) is 0.500. The van der Waals surface area contributed by atoms with Crippen LogP contribution in [-0.4, -0.2) is 30.1 Å². The lowest BCUT2D eigenvalue weighted by molar-refractivity contribution is -0.383. The minimum atomic E-state index is -0.605. The van der Waals surface area contributed by atoms with E-state index in [1.54, 1.807) is 0 Å². The summed E-state index contributed by atoms with van der Waals surface area (Å²) in [6.07, 6.45) is 0. The average Bonchev–Trinajstić information content (AvgIpc) is 2.42. The standard InChI is InChI=1S/C14H21N3O4/c1-4-21-8-11(9(2)3)16-14(18)10-6-5-7-12(13(10)15)17(19)20/h5-7,9,11H,4,8,15H2,1-3H3,(H,16,18). The lowest BCUT2D eigenvalue weighted by Crippen LogP contribution is -2.42. The molecule has 0 spiro atoms. The van der Waals surface area contributed by atoms with Crippen LogP contribution in [0, 0.1) is 16.0 Å². The quantitative estimate of drug-likeness (QED) is 0.454. The number of para-hydroxylation sites is 1. The zero-order chi connectivity index (χ0) is 16.0. The van der Waals surface area contributed by atoms with Gasteiger partial charge in [-0.1, -0.05) is 19.9 Å². The van der Waals surface area contributed by atoms with E-state index in [4.69, 9.17) is 10.5 Å². The van der Waals surface area contributed by atoms with Gasteiger partial charge in [-0.05, 0) is 18.9 Å². The number of carbonyl (C=O) groups excluding carboxylic acids is 1. The number of ether oxygens (including phenoxy) is 1. The van der Waals surface area contributed by atoms with E-state index in [-0.39, 0.29) is 28.9 Å². The molecule has 21 heavy (non-hydrogen) atoms. The SMILES string of the molecule is CCOCC(NC(=O)c1cccc([N+](=O)[O-])c1N)C(C)C. The van der Waals surface area contributed by atoms with Gasteiger partial charge in [0.15, 0.2) is 0 Å². The van der Waals surface area contributed by atoms with Gasteiger partial charge in [-0.3, -0.25) is 14.9 Å². The molecule has 1 unspecified atom stereocenters. The van der Waals surface area contributed by atoms with E-state index in [0.29, 0.717) is 13.2 Å². The Morgan fingerprint density at radius 1 is 1.48 bits per heavy atom. The van der Waals surface area contributed by atoms with Gasteiger partial charge in [0.25, 0.3) is 11.6 Å². The van der Waals surface area contributed by atoms with Crippen molar-refractivity contribution in [1.82, 2.24) is 5.32 Å². The summed E-state index contributed by atoms with van der Waals surface area (Å²) in [5.74, 6) is -0.268. The summed E-state index contributed by atoms with van der Waals surface area (Å²) in [6, 6.07) is 3.99. The first-order valence-electron chi connectivity index (χ1n) is 6.79. The molecule has 1 rings (SSSR count). The number of anilines is 1. The molecule has 1 aromatic carbocycles. The van der Waals surface area contributed by atoms with E-state index in [9.17, 15) is 14.9 Å². The maximum atomic E-state index is 12.2. The minimum absolute atomic E-state index is 0.103. The van der Waals surface area contributed by atoms with Gasteiger partial charge in [0.2, 0.25) is 0 Å². The first-order chi connectivity index (χ1) is 9.88. The number of nitrogen functional groups attached to an aromatic ring is 1. The molecule has 0 saturated heterocycles. The third-order valence-electron chi connectivity index (χ3n) is 3.15. The van der Waals surface area contributed by atoms with Crippen LogP contribution in [0.25, 0.3) is 0 Å². The fourth-order valence-corrected chi connectivity index (χ4v) is 1.80. The van der Waals surface area contributed by atoms with Crippen LogP contribution < -0.4 is 11.1 Å². The molecule has 0 saturated carbocycles. The molecule has 116 valence electrons. The van der Waals surface area contributed by atoms with Crippen LogP contribution in [0.1, 0.15) is 31.1 Å². The van der Waals surface area contributed by atoms with Gasteiger partial charge in [0.05, 0.1) is 23.1 Å². The summed E-state index contributed by atoms with van der Waals surface area (Å²) in [7, 11) is 0. The number of nitrogens with one attached hydrogen (secondary N) is 1. The number of carbonyl (C=O) groups is 1. The third-order valence-corrected chi connectivity index (χ3v) is 3.15. The lowest BCUT2D eigenvalue weighted by atomic mass is 10.0. The lowest BCUT2D eigenvalue weighted by Gasteiger charge is -2.22. The van der Waals surface area contributed by atoms with Gasteiger partial charge in [-0.2, -0.15) is 0 Å². The van der Waals surface area contributed by atoms with Crippen LogP contribution in [-0.2, 0) is 4.74 Å². The maximum absolute atomic E-state index is 12.2. The number of rotatable bonds is 7. The normalized spacial score (nSPS) is 12.2. The molecule has 0 radical (unpaired) electrons. The topological polar surface area (TPSA) is 107 Å². The van der Waals surface area contributed by atoms with Crippen molar-refractivity contribution in [3.8, 4) is 0 Å². The number of nitro groups is 1. The predicted octanol–water partition coefficient (Wildman–Crippen LogP) is 1.97. The molecule has 0 aliphatic rings. The van der Waals surface area contributed by atoms with Gasteiger partial charge in [-0.15, -0.1) is 0 Å². The number of nitro benzene ring substituents is 1. The molecule has 0 aliphatic carbocycles.